The SMILES string of the molecule is CCCCC/C=C\CCCCCCCC(=O)OC(COC(=O)CCCCCCCCC)COC(=O)CCCCCCCCCCCCCCCCC. The zero-order chi connectivity index (χ0) is 38.0. The lowest BCUT2D eigenvalue weighted by Crippen LogP contribution is -2.30. The summed E-state index contributed by atoms with van der Waals surface area (Å²) in [4.78, 5) is 37.6. The number of ether oxygens (including phenoxy) is 3. The Bertz CT molecular complexity index is 809. The first-order valence-electron chi connectivity index (χ1n) is 22.7. The predicted molar refractivity (Wildman–Crippen MR) is 220 cm³/mol. The Balaban J connectivity index is 4.27. The van der Waals surface area contributed by atoms with Crippen LogP contribution in [0.5, 0.6) is 0 Å². The fourth-order valence-electron chi connectivity index (χ4n) is 6.55. The van der Waals surface area contributed by atoms with E-state index in [9.17, 15) is 14.4 Å². The van der Waals surface area contributed by atoms with E-state index in [0.717, 1.165) is 64.2 Å². The molecule has 6 nitrogen and oxygen atoms in total. The molecule has 0 saturated carbocycles. The Hall–Kier alpha value is -1.85. The van der Waals surface area contributed by atoms with Gasteiger partial charge in [0.05, 0.1) is 0 Å². The summed E-state index contributed by atoms with van der Waals surface area (Å²) in [6, 6.07) is 0. The van der Waals surface area contributed by atoms with E-state index < -0.39 is 6.10 Å². The van der Waals surface area contributed by atoms with Crippen LogP contribution < -0.4 is 0 Å². The third-order valence-electron chi connectivity index (χ3n) is 10.0. The maximum atomic E-state index is 12.7. The molecule has 0 aromatic rings. The molecule has 0 saturated heterocycles. The Morgan fingerprint density at radius 3 is 1.00 bits per heavy atom. The van der Waals surface area contributed by atoms with Crippen molar-refractivity contribution in [1.29, 1.82) is 0 Å². The fraction of sp³-hybridized carbons (Fsp3) is 0.891. The third-order valence-corrected chi connectivity index (χ3v) is 10.0. The van der Waals surface area contributed by atoms with Crippen molar-refractivity contribution in [2.75, 3.05) is 13.2 Å². The number of hydrogen-bond donors (Lipinski definition) is 0. The molecule has 0 aromatic heterocycles. The van der Waals surface area contributed by atoms with Crippen molar-refractivity contribution in [3.63, 3.8) is 0 Å². The Morgan fingerprint density at radius 1 is 0.365 bits per heavy atom. The summed E-state index contributed by atoms with van der Waals surface area (Å²) < 4.78 is 16.6. The van der Waals surface area contributed by atoms with Gasteiger partial charge >= 0.3 is 17.9 Å². The highest BCUT2D eigenvalue weighted by atomic mass is 16.6. The van der Waals surface area contributed by atoms with Gasteiger partial charge in [0.2, 0.25) is 0 Å². The second kappa shape index (κ2) is 41.9. The van der Waals surface area contributed by atoms with Gasteiger partial charge in [-0.25, -0.2) is 0 Å². The molecule has 0 radical (unpaired) electrons. The smallest absolute Gasteiger partial charge is 0.306 e. The Morgan fingerprint density at radius 2 is 0.635 bits per heavy atom. The van der Waals surface area contributed by atoms with Gasteiger partial charge in [-0.3, -0.25) is 14.4 Å². The lowest BCUT2D eigenvalue weighted by molar-refractivity contribution is -0.167. The minimum absolute atomic E-state index is 0.0695. The lowest BCUT2D eigenvalue weighted by atomic mass is 10.0. The average molecular weight is 735 g/mol. The molecule has 0 amide bonds. The monoisotopic (exact) mass is 735 g/mol. The fourth-order valence-corrected chi connectivity index (χ4v) is 6.55. The van der Waals surface area contributed by atoms with E-state index in [0.29, 0.717) is 19.3 Å². The van der Waals surface area contributed by atoms with Crippen molar-refractivity contribution in [2.24, 2.45) is 0 Å². The van der Waals surface area contributed by atoms with Gasteiger partial charge in [-0.1, -0.05) is 193 Å². The zero-order valence-corrected chi connectivity index (χ0v) is 34.8. The first-order chi connectivity index (χ1) is 25.5. The number of carbonyl (C=O) groups excluding carboxylic acids is 3. The van der Waals surface area contributed by atoms with Crippen molar-refractivity contribution in [2.45, 2.75) is 252 Å². The van der Waals surface area contributed by atoms with E-state index >= 15 is 0 Å². The van der Waals surface area contributed by atoms with E-state index in [1.807, 2.05) is 0 Å². The minimum Gasteiger partial charge on any atom is -0.462 e. The van der Waals surface area contributed by atoms with Crippen LogP contribution in [0, 0.1) is 0 Å². The number of esters is 3. The molecular weight excluding hydrogens is 648 g/mol. The summed E-state index contributed by atoms with van der Waals surface area (Å²) in [5.74, 6) is -0.878. The Labute approximate surface area is 322 Å². The van der Waals surface area contributed by atoms with Crippen molar-refractivity contribution in [3.05, 3.63) is 12.2 Å². The van der Waals surface area contributed by atoms with Crippen LogP contribution in [0.25, 0.3) is 0 Å². The highest BCUT2D eigenvalue weighted by Crippen LogP contribution is 2.15. The van der Waals surface area contributed by atoms with Crippen LogP contribution in [0.4, 0.5) is 0 Å². The van der Waals surface area contributed by atoms with E-state index in [1.165, 1.54) is 141 Å². The van der Waals surface area contributed by atoms with E-state index in [2.05, 4.69) is 32.9 Å². The maximum absolute atomic E-state index is 12.7. The average Bonchev–Trinajstić information content (AvgIpc) is 3.14. The van der Waals surface area contributed by atoms with Crippen LogP contribution in [-0.2, 0) is 28.6 Å². The van der Waals surface area contributed by atoms with Crippen molar-refractivity contribution < 1.29 is 28.6 Å². The summed E-state index contributed by atoms with van der Waals surface area (Å²) >= 11 is 0. The highest BCUT2D eigenvalue weighted by molar-refractivity contribution is 5.71. The van der Waals surface area contributed by atoms with Gasteiger partial charge in [0.25, 0.3) is 0 Å². The standard InChI is InChI=1S/C46H86O6/c1-4-7-10-13-16-18-20-22-23-24-26-27-30-33-36-39-45(48)51-42-43(41-50-44(47)38-35-32-29-15-12-9-6-3)52-46(49)40-37-34-31-28-25-21-19-17-14-11-8-5-2/h17,19,43H,4-16,18,20-42H2,1-3H3/b19-17-. The van der Waals surface area contributed by atoms with Crippen LogP contribution in [-0.4, -0.2) is 37.2 Å². The molecule has 1 atom stereocenters. The molecular formula is C46H86O6. The van der Waals surface area contributed by atoms with Crippen molar-refractivity contribution >= 4 is 17.9 Å². The van der Waals surface area contributed by atoms with E-state index in [1.54, 1.807) is 0 Å². The number of unbranched alkanes of at least 4 members (excludes halogenated alkanes) is 28. The zero-order valence-electron chi connectivity index (χ0n) is 34.8. The molecule has 0 aliphatic heterocycles. The number of carbonyl (C=O) groups is 3. The molecule has 0 aliphatic carbocycles. The van der Waals surface area contributed by atoms with Crippen molar-refractivity contribution in [3.8, 4) is 0 Å². The summed E-state index contributed by atoms with van der Waals surface area (Å²) in [7, 11) is 0. The summed E-state index contributed by atoms with van der Waals surface area (Å²) in [5.41, 5.74) is 0. The van der Waals surface area contributed by atoms with Gasteiger partial charge in [-0.2, -0.15) is 0 Å². The molecule has 6 heteroatoms. The minimum atomic E-state index is -0.764. The second-order valence-electron chi connectivity index (χ2n) is 15.3. The lowest BCUT2D eigenvalue weighted by Gasteiger charge is -2.18. The molecule has 0 aromatic carbocycles. The van der Waals surface area contributed by atoms with Gasteiger partial charge in [0, 0.05) is 19.3 Å². The number of rotatable bonds is 41. The molecule has 306 valence electrons. The van der Waals surface area contributed by atoms with E-state index in [-0.39, 0.29) is 31.1 Å². The first-order valence-corrected chi connectivity index (χ1v) is 22.7. The van der Waals surface area contributed by atoms with Gasteiger partial charge in [0.15, 0.2) is 6.10 Å². The molecule has 0 aliphatic rings. The topological polar surface area (TPSA) is 78.9 Å². The van der Waals surface area contributed by atoms with Crippen molar-refractivity contribution in [1.82, 2.24) is 0 Å². The van der Waals surface area contributed by atoms with E-state index in [4.69, 9.17) is 14.2 Å². The van der Waals surface area contributed by atoms with Crippen LogP contribution in [0.15, 0.2) is 12.2 Å². The van der Waals surface area contributed by atoms with Crippen LogP contribution in [0.1, 0.15) is 245 Å². The normalized spacial score (nSPS) is 12.0. The second-order valence-corrected chi connectivity index (χ2v) is 15.3. The van der Waals surface area contributed by atoms with Gasteiger partial charge < -0.3 is 14.2 Å². The van der Waals surface area contributed by atoms with Crippen LogP contribution in [0.3, 0.4) is 0 Å². The molecule has 0 fully saturated rings. The molecule has 1 unspecified atom stereocenters. The summed E-state index contributed by atoms with van der Waals surface area (Å²) in [5, 5.41) is 0. The first kappa shape index (κ1) is 50.1. The number of hydrogen-bond acceptors (Lipinski definition) is 6. The third kappa shape index (κ3) is 39.4. The summed E-state index contributed by atoms with van der Waals surface area (Å²) in [6.07, 6.45) is 43.4. The highest BCUT2D eigenvalue weighted by Gasteiger charge is 2.19. The molecule has 0 rings (SSSR count). The molecule has 0 spiro atoms. The largest absolute Gasteiger partial charge is 0.462 e. The molecule has 0 heterocycles. The van der Waals surface area contributed by atoms with Gasteiger partial charge in [0.1, 0.15) is 13.2 Å². The quantitative estimate of drug-likeness (QED) is 0.0269. The van der Waals surface area contributed by atoms with Crippen LogP contribution in [0.2, 0.25) is 0 Å². The Kier molecular flexibility index (Phi) is 40.4. The molecule has 0 bridgehead atoms. The van der Waals surface area contributed by atoms with Gasteiger partial charge in [-0.15, -0.1) is 0 Å². The van der Waals surface area contributed by atoms with Gasteiger partial charge in [-0.05, 0) is 44.9 Å². The maximum Gasteiger partial charge on any atom is 0.306 e. The predicted octanol–water partition coefficient (Wildman–Crippen LogP) is 14.3. The molecule has 52 heavy (non-hydrogen) atoms. The summed E-state index contributed by atoms with van der Waals surface area (Å²) in [6.45, 7) is 6.57. The molecule has 0 N–H and O–H groups in total. The number of allylic oxidation sites excluding steroid dienone is 2. The van der Waals surface area contributed by atoms with Crippen LogP contribution >= 0.6 is 0 Å².